The largest absolute Gasteiger partial charge is 0.433 e. The van der Waals surface area contributed by atoms with Crippen LogP contribution in [0.5, 0.6) is 0 Å². The van der Waals surface area contributed by atoms with E-state index in [0.717, 1.165) is 31.2 Å². The van der Waals surface area contributed by atoms with Gasteiger partial charge in [-0.3, -0.25) is 0 Å². The monoisotopic (exact) mass is 303 g/mol. The predicted octanol–water partition coefficient (Wildman–Crippen LogP) is 2.34. The number of hydrogen-bond acceptors (Lipinski definition) is 3. The Balaban J connectivity index is 1.89. The fraction of sp³-hybridized carbons (Fsp3) is 0.538. The number of hydrogen-bond donors (Lipinski definition) is 2. The molecule has 0 spiro atoms. The minimum atomic E-state index is -4.51. The molecule has 8 heteroatoms. The van der Waals surface area contributed by atoms with E-state index in [1.54, 1.807) is 0 Å². The molecule has 0 saturated heterocycles. The highest BCUT2D eigenvalue weighted by atomic mass is 19.4. The molecule has 1 saturated carbocycles. The molecule has 1 aromatic rings. The third-order valence-corrected chi connectivity index (χ3v) is 3.28. The molecule has 1 aliphatic carbocycles. The van der Waals surface area contributed by atoms with Gasteiger partial charge in [-0.25, -0.2) is 9.78 Å². The molecular formula is C13H16F3N3O2. The summed E-state index contributed by atoms with van der Waals surface area (Å²) in [4.78, 5) is 16.4. The van der Waals surface area contributed by atoms with Crippen LogP contribution in [0.1, 0.15) is 18.5 Å². The van der Waals surface area contributed by atoms with Crippen LogP contribution >= 0.6 is 0 Å². The number of amides is 2. The van der Waals surface area contributed by atoms with Crippen LogP contribution in [0.15, 0.2) is 18.3 Å². The Kier molecular flexibility index (Phi) is 4.36. The first kappa shape index (κ1) is 15.6. The number of pyridine rings is 1. The molecule has 1 fully saturated rings. The molecule has 1 unspecified atom stereocenters. The number of nitrogens with zero attached hydrogens (tertiary/aromatic N) is 2. The summed E-state index contributed by atoms with van der Waals surface area (Å²) in [6, 6.07) is 1.43. The molecule has 1 heterocycles. The minimum absolute atomic E-state index is 0.167. The molecule has 116 valence electrons. The smallest absolute Gasteiger partial charge is 0.391 e. The van der Waals surface area contributed by atoms with Gasteiger partial charge in [0.25, 0.3) is 0 Å². The second-order valence-electron chi connectivity index (χ2n) is 5.15. The number of anilines is 1. The number of alkyl halides is 3. The molecule has 0 radical (unpaired) electrons. The Labute approximate surface area is 119 Å². The van der Waals surface area contributed by atoms with E-state index in [-0.39, 0.29) is 18.2 Å². The number of likely N-dealkylation sites (N-methyl/N-ethyl adjacent to an activating group) is 1. The Morgan fingerprint density at radius 2 is 2.19 bits per heavy atom. The zero-order valence-corrected chi connectivity index (χ0v) is 11.4. The number of halogens is 3. The third-order valence-electron chi connectivity index (χ3n) is 3.28. The van der Waals surface area contributed by atoms with Crippen molar-refractivity contribution in [3.63, 3.8) is 0 Å². The van der Waals surface area contributed by atoms with Crippen LogP contribution in [0.3, 0.4) is 0 Å². The van der Waals surface area contributed by atoms with E-state index in [2.05, 4.69) is 10.3 Å². The van der Waals surface area contributed by atoms with Gasteiger partial charge in [0.15, 0.2) is 0 Å². The summed E-state index contributed by atoms with van der Waals surface area (Å²) in [7, 11) is 1.51. The summed E-state index contributed by atoms with van der Waals surface area (Å²) in [5.41, 5.74) is -0.848. The zero-order chi connectivity index (χ0) is 15.6. The zero-order valence-electron chi connectivity index (χ0n) is 11.4. The summed E-state index contributed by atoms with van der Waals surface area (Å²) in [6.45, 7) is 0.185. The topological polar surface area (TPSA) is 65.5 Å². The number of carbonyl (C=O) groups is 1. The quantitative estimate of drug-likeness (QED) is 0.897. The van der Waals surface area contributed by atoms with Crippen LogP contribution in [0, 0.1) is 5.92 Å². The molecule has 0 aliphatic heterocycles. The van der Waals surface area contributed by atoms with Gasteiger partial charge in [-0.1, -0.05) is 0 Å². The predicted molar refractivity (Wildman–Crippen MR) is 69.6 cm³/mol. The van der Waals surface area contributed by atoms with Gasteiger partial charge in [-0.05, 0) is 30.9 Å². The lowest BCUT2D eigenvalue weighted by atomic mass is 10.2. The summed E-state index contributed by atoms with van der Waals surface area (Å²) < 4.78 is 37.0. The van der Waals surface area contributed by atoms with Gasteiger partial charge < -0.3 is 15.3 Å². The first-order valence-corrected chi connectivity index (χ1v) is 6.51. The maximum absolute atomic E-state index is 12.3. The Hall–Kier alpha value is -1.83. The normalized spacial score (nSPS) is 16.4. The number of aliphatic hydroxyl groups is 1. The van der Waals surface area contributed by atoms with Crippen molar-refractivity contribution in [3.05, 3.63) is 24.0 Å². The number of aromatic nitrogens is 1. The van der Waals surface area contributed by atoms with Crippen LogP contribution in [-0.2, 0) is 6.18 Å². The van der Waals surface area contributed by atoms with Crippen molar-refractivity contribution in [1.82, 2.24) is 9.88 Å². The molecule has 2 amide bonds. The van der Waals surface area contributed by atoms with Crippen LogP contribution in [0.2, 0.25) is 0 Å². The summed E-state index contributed by atoms with van der Waals surface area (Å²) in [6.07, 6.45) is -2.20. The highest BCUT2D eigenvalue weighted by molar-refractivity contribution is 5.88. The van der Waals surface area contributed by atoms with E-state index in [1.807, 2.05) is 0 Å². The van der Waals surface area contributed by atoms with Crippen molar-refractivity contribution in [2.45, 2.75) is 25.1 Å². The van der Waals surface area contributed by atoms with Gasteiger partial charge in [0, 0.05) is 13.6 Å². The number of carbonyl (C=O) groups excluding carboxylic acids is 1. The number of nitrogens with one attached hydrogen (secondary N) is 1. The standard InChI is InChI=1S/C13H16F3N3O2/c1-19(7-10(20)8-2-3-8)12(21)18-9-4-5-11(17-6-9)13(14,15)16/h4-6,8,10,20H,2-3,7H2,1H3,(H,18,21). The highest BCUT2D eigenvalue weighted by Gasteiger charge is 2.32. The molecule has 1 aromatic heterocycles. The second-order valence-corrected chi connectivity index (χ2v) is 5.15. The Morgan fingerprint density at radius 1 is 1.52 bits per heavy atom. The van der Waals surface area contributed by atoms with E-state index in [1.165, 1.54) is 11.9 Å². The lowest BCUT2D eigenvalue weighted by molar-refractivity contribution is -0.141. The first-order chi connectivity index (χ1) is 9.77. The summed E-state index contributed by atoms with van der Waals surface area (Å²) >= 11 is 0. The molecule has 1 atom stereocenters. The third kappa shape index (κ3) is 4.32. The van der Waals surface area contributed by atoms with Gasteiger partial charge in [0.1, 0.15) is 5.69 Å². The number of urea groups is 1. The number of rotatable bonds is 4. The average molecular weight is 303 g/mol. The van der Waals surface area contributed by atoms with Crippen molar-refractivity contribution in [1.29, 1.82) is 0 Å². The minimum Gasteiger partial charge on any atom is -0.391 e. The van der Waals surface area contributed by atoms with E-state index in [4.69, 9.17) is 0 Å². The van der Waals surface area contributed by atoms with Crippen molar-refractivity contribution in [2.75, 3.05) is 18.9 Å². The van der Waals surface area contributed by atoms with Crippen LogP contribution in [0.4, 0.5) is 23.7 Å². The molecule has 1 aliphatic rings. The van der Waals surface area contributed by atoms with Crippen molar-refractivity contribution in [2.24, 2.45) is 5.92 Å². The van der Waals surface area contributed by atoms with Gasteiger partial charge in [-0.2, -0.15) is 13.2 Å². The Morgan fingerprint density at radius 3 is 2.67 bits per heavy atom. The van der Waals surface area contributed by atoms with Crippen LogP contribution in [-0.4, -0.2) is 40.7 Å². The van der Waals surface area contributed by atoms with E-state index < -0.39 is 24.0 Å². The average Bonchev–Trinajstić information content (AvgIpc) is 3.22. The van der Waals surface area contributed by atoms with Crippen molar-refractivity contribution in [3.8, 4) is 0 Å². The molecule has 0 aromatic carbocycles. The Bertz CT molecular complexity index is 500. The van der Waals surface area contributed by atoms with E-state index in [0.29, 0.717) is 0 Å². The van der Waals surface area contributed by atoms with Crippen molar-refractivity contribution < 1.29 is 23.1 Å². The molecule has 5 nitrogen and oxygen atoms in total. The van der Waals surface area contributed by atoms with Gasteiger partial charge in [0.05, 0.1) is 18.0 Å². The highest BCUT2D eigenvalue weighted by Crippen LogP contribution is 2.32. The van der Waals surface area contributed by atoms with Gasteiger partial charge in [-0.15, -0.1) is 0 Å². The number of aliphatic hydroxyl groups excluding tert-OH is 1. The SMILES string of the molecule is CN(CC(O)C1CC1)C(=O)Nc1ccc(C(F)(F)F)nc1. The fourth-order valence-electron chi connectivity index (χ4n) is 1.85. The summed E-state index contributed by atoms with van der Waals surface area (Å²) in [5, 5.41) is 12.2. The maximum atomic E-state index is 12.3. The molecule has 0 bridgehead atoms. The summed E-state index contributed by atoms with van der Waals surface area (Å²) in [5.74, 6) is 0.244. The lowest BCUT2D eigenvalue weighted by Gasteiger charge is -2.21. The van der Waals surface area contributed by atoms with E-state index >= 15 is 0 Å². The molecule has 2 N–H and O–H groups in total. The molecular weight excluding hydrogens is 287 g/mol. The molecule has 2 rings (SSSR count). The second kappa shape index (κ2) is 5.88. The van der Waals surface area contributed by atoms with Crippen LogP contribution in [0.25, 0.3) is 0 Å². The maximum Gasteiger partial charge on any atom is 0.433 e. The van der Waals surface area contributed by atoms with Crippen molar-refractivity contribution >= 4 is 11.7 Å². The van der Waals surface area contributed by atoms with E-state index in [9.17, 15) is 23.1 Å². The lowest BCUT2D eigenvalue weighted by Crippen LogP contribution is -2.38. The first-order valence-electron chi connectivity index (χ1n) is 6.51. The van der Waals surface area contributed by atoms with Crippen LogP contribution < -0.4 is 5.32 Å². The molecule has 21 heavy (non-hydrogen) atoms. The van der Waals surface area contributed by atoms with Gasteiger partial charge in [0.2, 0.25) is 0 Å². The van der Waals surface area contributed by atoms with Gasteiger partial charge >= 0.3 is 12.2 Å². The fourth-order valence-corrected chi connectivity index (χ4v) is 1.85.